The van der Waals surface area contributed by atoms with Crippen molar-refractivity contribution < 1.29 is 23.2 Å². The number of pyridine rings is 1. The Bertz CT molecular complexity index is 768. The van der Waals surface area contributed by atoms with E-state index >= 15 is 0 Å². The molecule has 0 saturated heterocycles. The molecule has 0 atom stereocenters. The van der Waals surface area contributed by atoms with Gasteiger partial charge in [-0.05, 0) is 17.7 Å². The molecule has 9 heteroatoms. The van der Waals surface area contributed by atoms with Crippen molar-refractivity contribution in [3.05, 3.63) is 63.3 Å². The van der Waals surface area contributed by atoms with Gasteiger partial charge in [0.15, 0.2) is 11.6 Å². The van der Waals surface area contributed by atoms with E-state index in [9.17, 15) is 23.7 Å². The molecule has 0 aliphatic rings. The highest BCUT2D eigenvalue weighted by Crippen LogP contribution is 2.24. The smallest absolute Gasteiger partial charge is 0.339 e. The van der Waals surface area contributed by atoms with E-state index in [4.69, 9.17) is 0 Å². The van der Waals surface area contributed by atoms with Crippen molar-refractivity contribution in [3.63, 3.8) is 0 Å². The molecule has 0 fully saturated rings. The molecule has 2 aromatic rings. The number of benzene rings is 1. The first-order valence-corrected chi connectivity index (χ1v) is 6.33. The number of esters is 1. The zero-order chi connectivity index (χ0) is 17.0. The average Bonchev–Trinajstić information content (AvgIpc) is 2.55. The maximum absolute atomic E-state index is 13.1. The average molecular weight is 323 g/mol. The largest absolute Gasteiger partial charge is 0.465 e. The zero-order valence-corrected chi connectivity index (χ0v) is 11.9. The topological polar surface area (TPSA) is 94.4 Å². The summed E-state index contributed by atoms with van der Waals surface area (Å²) in [5, 5.41) is 13.7. The number of anilines is 1. The summed E-state index contributed by atoms with van der Waals surface area (Å²) in [5.74, 6) is -2.87. The third-order valence-corrected chi connectivity index (χ3v) is 2.93. The van der Waals surface area contributed by atoms with E-state index in [1.54, 1.807) is 0 Å². The number of carbonyl (C=O) groups is 1. The van der Waals surface area contributed by atoms with Crippen LogP contribution in [-0.4, -0.2) is 23.0 Å². The monoisotopic (exact) mass is 323 g/mol. The van der Waals surface area contributed by atoms with E-state index in [-0.39, 0.29) is 17.9 Å². The standard InChI is InChI=1S/C14H11F2N3O4/c1-23-14(20)9-5-12(19(21)22)13(18-7-9)17-6-8-2-3-10(15)11(16)4-8/h2-5,7H,6H2,1H3,(H,17,18). The molecule has 0 spiro atoms. The molecule has 120 valence electrons. The molecule has 0 bridgehead atoms. The molecule has 2 rings (SSSR count). The van der Waals surface area contributed by atoms with Gasteiger partial charge in [0.1, 0.15) is 0 Å². The van der Waals surface area contributed by atoms with Crippen LogP contribution in [0.15, 0.2) is 30.5 Å². The lowest BCUT2D eigenvalue weighted by molar-refractivity contribution is -0.384. The van der Waals surface area contributed by atoms with E-state index in [2.05, 4.69) is 15.0 Å². The molecule has 23 heavy (non-hydrogen) atoms. The first kappa shape index (κ1) is 16.3. The minimum atomic E-state index is -1.02. The molecular formula is C14H11F2N3O4. The van der Waals surface area contributed by atoms with Gasteiger partial charge in [-0.1, -0.05) is 6.07 Å². The van der Waals surface area contributed by atoms with Crippen molar-refractivity contribution in [2.45, 2.75) is 6.54 Å². The number of ether oxygens (including phenoxy) is 1. The summed E-state index contributed by atoms with van der Waals surface area (Å²) in [4.78, 5) is 25.5. The van der Waals surface area contributed by atoms with Gasteiger partial charge in [-0.2, -0.15) is 0 Å². The summed E-state index contributed by atoms with van der Waals surface area (Å²) >= 11 is 0. The van der Waals surface area contributed by atoms with Gasteiger partial charge in [0.25, 0.3) is 0 Å². The second kappa shape index (κ2) is 6.77. The van der Waals surface area contributed by atoms with E-state index in [1.807, 2.05) is 0 Å². The Morgan fingerprint density at radius 2 is 2.09 bits per heavy atom. The molecule has 0 unspecified atom stereocenters. The highest BCUT2D eigenvalue weighted by Gasteiger charge is 2.19. The Balaban J connectivity index is 2.23. The van der Waals surface area contributed by atoms with Gasteiger partial charge >= 0.3 is 11.7 Å². The van der Waals surface area contributed by atoms with Gasteiger partial charge in [0, 0.05) is 18.8 Å². The number of carbonyl (C=O) groups excluding carboxylic acids is 1. The Kier molecular flexibility index (Phi) is 4.79. The summed E-state index contributed by atoms with van der Waals surface area (Å²) in [7, 11) is 1.14. The SMILES string of the molecule is COC(=O)c1cnc(NCc2ccc(F)c(F)c2)c([N+](=O)[O-])c1. The second-order valence-corrected chi connectivity index (χ2v) is 4.44. The molecular weight excluding hydrogens is 312 g/mol. The number of hydrogen-bond acceptors (Lipinski definition) is 6. The first-order chi connectivity index (χ1) is 10.9. The van der Waals surface area contributed by atoms with E-state index < -0.39 is 28.2 Å². The highest BCUT2D eigenvalue weighted by atomic mass is 19.2. The predicted octanol–water partition coefficient (Wildman–Crippen LogP) is 2.67. The Labute approximate surface area is 129 Å². The molecule has 1 heterocycles. The summed E-state index contributed by atoms with van der Waals surface area (Å²) in [5.41, 5.74) is -0.134. The number of rotatable bonds is 5. The fraction of sp³-hybridized carbons (Fsp3) is 0.143. The highest BCUT2D eigenvalue weighted by molar-refractivity contribution is 5.90. The van der Waals surface area contributed by atoms with Crippen molar-refractivity contribution >= 4 is 17.5 Å². The van der Waals surface area contributed by atoms with Crippen LogP contribution in [0.1, 0.15) is 15.9 Å². The Morgan fingerprint density at radius 1 is 1.35 bits per heavy atom. The van der Waals surface area contributed by atoms with Gasteiger partial charge in [-0.3, -0.25) is 10.1 Å². The number of nitro groups is 1. The number of aromatic nitrogens is 1. The van der Waals surface area contributed by atoms with Crippen molar-refractivity contribution in [2.75, 3.05) is 12.4 Å². The van der Waals surface area contributed by atoms with Gasteiger partial charge in [-0.15, -0.1) is 0 Å². The molecule has 1 aromatic heterocycles. The number of nitrogens with zero attached hydrogens (tertiary/aromatic N) is 2. The van der Waals surface area contributed by atoms with Gasteiger partial charge in [0.2, 0.25) is 5.82 Å². The molecule has 0 aliphatic carbocycles. The van der Waals surface area contributed by atoms with Crippen LogP contribution >= 0.6 is 0 Å². The van der Waals surface area contributed by atoms with Gasteiger partial charge in [0.05, 0.1) is 17.6 Å². The first-order valence-electron chi connectivity index (χ1n) is 6.33. The minimum Gasteiger partial charge on any atom is -0.465 e. The summed E-state index contributed by atoms with van der Waals surface area (Å²) in [6, 6.07) is 4.28. The molecule has 0 aliphatic heterocycles. The van der Waals surface area contributed by atoms with Crippen LogP contribution in [0.3, 0.4) is 0 Å². The lowest BCUT2D eigenvalue weighted by Gasteiger charge is -2.07. The summed E-state index contributed by atoms with van der Waals surface area (Å²) < 4.78 is 30.4. The van der Waals surface area contributed by atoms with Crippen molar-refractivity contribution in [2.24, 2.45) is 0 Å². The van der Waals surface area contributed by atoms with Crippen LogP contribution in [-0.2, 0) is 11.3 Å². The number of halogens is 2. The van der Waals surface area contributed by atoms with Crippen LogP contribution in [0.4, 0.5) is 20.3 Å². The van der Waals surface area contributed by atoms with Crippen LogP contribution in [0.5, 0.6) is 0 Å². The molecule has 1 aromatic carbocycles. The number of hydrogen-bond donors (Lipinski definition) is 1. The maximum Gasteiger partial charge on any atom is 0.339 e. The zero-order valence-electron chi connectivity index (χ0n) is 11.9. The van der Waals surface area contributed by atoms with Crippen molar-refractivity contribution in [1.82, 2.24) is 4.98 Å². The van der Waals surface area contributed by atoms with Crippen molar-refractivity contribution in [1.29, 1.82) is 0 Å². The lowest BCUT2D eigenvalue weighted by Crippen LogP contribution is -2.08. The van der Waals surface area contributed by atoms with Crippen LogP contribution in [0.25, 0.3) is 0 Å². The third kappa shape index (κ3) is 3.76. The van der Waals surface area contributed by atoms with Crippen molar-refractivity contribution in [3.8, 4) is 0 Å². The molecule has 1 N–H and O–H groups in total. The normalized spacial score (nSPS) is 10.2. The van der Waals surface area contributed by atoms with Gasteiger partial charge in [-0.25, -0.2) is 18.6 Å². The molecule has 7 nitrogen and oxygen atoms in total. The molecule has 0 amide bonds. The quantitative estimate of drug-likeness (QED) is 0.516. The predicted molar refractivity (Wildman–Crippen MR) is 75.9 cm³/mol. The molecule has 0 radical (unpaired) electrons. The number of nitrogens with one attached hydrogen (secondary N) is 1. The maximum atomic E-state index is 13.1. The van der Waals surface area contributed by atoms with Crippen LogP contribution in [0, 0.1) is 21.7 Å². The fourth-order valence-electron chi connectivity index (χ4n) is 1.79. The lowest BCUT2D eigenvalue weighted by atomic mass is 10.2. The fourth-order valence-corrected chi connectivity index (χ4v) is 1.79. The summed E-state index contributed by atoms with van der Waals surface area (Å²) in [6.07, 6.45) is 1.12. The summed E-state index contributed by atoms with van der Waals surface area (Å²) in [6.45, 7) is -0.0113. The van der Waals surface area contributed by atoms with Crippen LogP contribution in [0.2, 0.25) is 0 Å². The van der Waals surface area contributed by atoms with E-state index in [0.29, 0.717) is 5.56 Å². The minimum absolute atomic E-state index is 0.0113. The van der Waals surface area contributed by atoms with E-state index in [1.165, 1.54) is 6.07 Å². The van der Waals surface area contributed by atoms with Crippen LogP contribution < -0.4 is 5.32 Å². The van der Waals surface area contributed by atoms with Gasteiger partial charge < -0.3 is 10.1 Å². The Hall–Kier alpha value is -3.10. The van der Waals surface area contributed by atoms with E-state index in [0.717, 1.165) is 31.5 Å². The number of methoxy groups -OCH3 is 1. The third-order valence-electron chi connectivity index (χ3n) is 2.93. The molecule has 0 saturated carbocycles. The second-order valence-electron chi connectivity index (χ2n) is 4.44. The Morgan fingerprint density at radius 3 is 2.70 bits per heavy atom.